The van der Waals surface area contributed by atoms with E-state index in [0.29, 0.717) is 24.8 Å². The average molecular weight is 346 g/mol. The van der Waals surface area contributed by atoms with Gasteiger partial charge in [-0.05, 0) is 51.7 Å². The fraction of sp³-hybridized carbons (Fsp3) is 0.611. The Kier molecular flexibility index (Phi) is 4.94. The lowest BCUT2D eigenvalue weighted by Gasteiger charge is -2.33. The van der Waals surface area contributed by atoms with E-state index in [1.54, 1.807) is 11.1 Å². The number of rotatable bonds is 3. The van der Waals surface area contributed by atoms with Crippen molar-refractivity contribution >= 4 is 17.3 Å². The predicted octanol–water partition coefficient (Wildman–Crippen LogP) is 2.57. The van der Waals surface area contributed by atoms with Crippen LogP contribution in [-0.4, -0.2) is 49.3 Å². The van der Waals surface area contributed by atoms with Gasteiger partial charge in [0, 0.05) is 25.8 Å². The van der Waals surface area contributed by atoms with Gasteiger partial charge in [-0.3, -0.25) is 0 Å². The molecule has 136 valence electrons. The molecule has 2 aromatic heterocycles. The van der Waals surface area contributed by atoms with Crippen LogP contribution in [0.25, 0.3) is 11.2 Å². The number of imidazole rings is 1. The molecule has 2 aromatic rings. The lowest BCUT2D eigenvalue weighted by Crippen LogP contribution is -2.42. The number of carbonyl (C=O) groups excluding carboxylic acids is 1. The van der Waals surface area contributed by atoms with Gasteiger partial charge < -0.3 is 19.3 Å². The summed E-state index contributed by atoms with van der Waals surface area (Å²) >= 11 is 0. The molecule has 3 rings (SSSR count). The van der Waals surface area contributed by atoms with Crippen molar-refractivity contribution in [3.8, 4) is 0 Å². The van der Waals surface area contributed by atoms with Gasteiger partial charge in [0.15, 0.2) is 5.65 Å². The predicted molar refractivity (Wildman–Crippen MR) is 94.0 cm³/mol. The van der Waals surface area contributed by atoms with Gasteiger partial charge >= 0.3 is 6.09 Å². The van der Waals surface area contributed by atoms with Gasteiger partial charge in [0.1, 0.15) is 23.5 Å². The van der Waals surface area contributed by atoms with Crippen molar-refractivity contribution in [1.29, 1.82) is 0 Å². The molecule has 0 saturated carbocycles. The summed E-state index contributed by atoms with van der Waals surface area (Å²) in [6.07, 6.45) is 3.30. The number of aromatic nitrogens is 3. The maximum absolute atomic E-state index is 12.2. The van der Waals surface area contributed by atoms with Crippen molar-refractivity contribution in [2.75, 3.05) is 13.1 Å². The summed E-state index contributed by atoms with van der Waals surface area (Å²) in [6.45, 7) is 7.67. The molecule has 1 aliphatic heterocycles. The summed E-state index contributed by atoms with van der Waals surface area (Å²) in [5.74, 6) is 1.06. The van der Waals surface area contributed by atoms with Crippen molar-refractivity contribution in [1.82, 2.24) is 19.4 Å². The molecule has 25 heavy (non-hydrogen) atoms. The molecule has 1 fully saturated rings. The first-order valence-corrected chi connectivity index (χ1v) is 8.76. The Morgan fingerprint density at radius 3 is 2.72 bits per heavy atom. The topological polar surface area (TPSA) is 80.5 Å². The van der Waals surface area contributed by atoms with Crippen LogP contribution >= 0.6 is 0 Å². The third-order valence-corrected chi connectivity index (χ3v) is 4.43. The zero-order valence-electron chi connectivity index (χ0n) is 15.1. The van der Waals surface area contributed by atoms with E-state index < -0.39 is 5.60 Å². The summed E-state index contributed by atoms with van der Waals surface area (Å²) in [6, 6.07) is 3.75. The van der Waals surface area contributed by atoms with Crippen molar-refractivity contribution in [3.63, 3.8) is 0 Å². The van der Waals surface area contributed by atoms with E-state index in [1.165, 1.54) is 0 Å². The van der Waals surface area contributed by atoms with Gasteiger partial charge in [-0.15, -0.1) is 0 Å². The molecule has 0 bridgehead atoms. The maximum Gasteiger partial charge on any atom is 0.410 e. The van der Waals surface area contributed by atoms with Gasteiger partial charge in [-0.25, -0.2) is 14.8 Å². The van der Waals surface area contributed by atoms with Gasteiger partial charge in [-0.1, -0.05) is 0 Å². The Morgan fingerprint density at radius 2 is 2.08 bits per heavy atom. The van der Waals surface area contributed by atoms with Gasteiger partial charge in [0.05, 0.1) is 0 Å². The SMILES string of the molecule is CC(C)(C)OC(=O)N1CCC(Cn2c(CO)nc3cccnc32)CC1. The average Bonchev–Trinajstić information content (AvgIpc) is 2.92. The fourth-order valence-electron chi connectivity index (χ4n) is 3.20. The van der Waals surface area contributed by atoms with Crippen LogP contribution in [0.15, 0.2) is 18.3 Å². The van der Waals surface area contributed by atoms with E-state index in [2.05, 4.69) is 9.97 Å². The Balaban J connectivity index is 1.64. The Hall–Kier alpha value is -2.15. The van der Waals surface area contributed by atoms with E-state index in [0.717, 1.165) is 30.6 Å². The summed E-state index contributed by atoms with van der Waals surface area (Å²) in [5, 5.41) is 9.59. The number of fused-ring (bicyclic) bond motifs is 1. The van der Waals surface area contributed by atoms with Gasteiger partial charge in [-0.2, -0.15) is 0 Å². The van der Waals surface area contributed by atoms with E-state index >= 15 is 0 Å². The summed E-state index contributed by atoms with van der Waals surface area (Å²) in [7, 11) is 0. The molecule has 7 heteroatoms. The second-order valence-electron chi connectivity index (χ2n) is 7.55. The molecule has 0 aliphatic carbocycles. The molecule has 0 radical (unpaired) electrons. The van der Waals surface area contributed by atoms with Gasteiger partial charge in [0.25, 0.3) is 0 Å². The Bertz CT molecular complexity index is 742. The van der Waals surface area contributed by atoms with Crippen molar-refractivity contribution in [2.45, 2.75) is 52.4 Å². The van der Waals surface area contributed by atoms with Crippen molar-refractivity contribution in [2.24, 2.45) is 5.92 Å². The largest absolute Gasteiger partial charge is 0.444 e. The van der Waals surface area contributed by atoms with E-state index in [4.69, 9.17) is 4.74 Å². The number of carbonyl (C=O) groups is 1. The van der Waals surface area contributed by atoms with Crippen LogP contribution in [0.3, 0.4) is 0 Å². The lowest BCUT2D eigenvalue weighted by atomic mass is 9.97. The van der Waals surface area contributed by atoms with E-state index in [1.807, 2.05) is 37.5 Å². The van der Waals surface area contributed by atoms with Crippen molar-refractivity contribution in [3.05, 3.63) is 24.2 Å². The minimum absolute atomic E-state index is 0.104. The highest BCUT2D eigenvalue weighted by Crippen LogP contribution is 2.24. The molecule has 1 N–H and O–H groups in total. The number of amides is 1. The molecule has 1 aliphatic rings. The smallest absolute Gasteiger partial charge is 0.410 e. The number of pyridine rings is 1. The highest BCUT2D eigenvalue weighted by atomic mass is 16.6. The Morgan fingerprint density at radius 1 is 1.36 bits per heavy atom. The van der Waals surface area contributed by atoms with E-state index in [9.17, 15) is 9.90 Å². The van der Waals surface area contributed by atoms with Crippen LogP contribution < -0.4 is 0 Å². The molecular weight excluding hydrogens is 320 g/mol. The molecule has 0 spiro atoms. The first-order valence-electron chi connectivity index (χ1n) is 8.76. The fourth-order valence-corrected chi connectivity index (χ4v) is 3.20. The normalized spacial score (nSPS) is 16.4. The minimum Gasteiger partial charge on any atom is -0.444 e. The number of likely N-dealkylation sites (tertiary alicyclic amines) is 1. The monoisotopic (exact) mass is 346 g/mol. The lowest BCUT2D eigenvalue weighted by molar-refractivity contribution is 0.0178. The van der Waals surface area contributed by atoms with Gasteiger partial charge in [0.2, 0.25) is 0 Å². The molecule has 0 atom stereocenters. The first kappa shape index (κ1) is 17.7. The maximum atomic E-state index is 12.2. The zero-order valence-corrected chi connectivity index (χ0v) is 15.1. The number of aliphatic hydroxyl groups is 1. The van der Waals surface area contributed by atoms with Crippen LogP contribution in [0.1, 0.15) is 39.4 Å². The standard InChI is InChI=1S/C18H26N4O3/c1-18(2,3)25-17(24)21-9-6-13(7-10-21)11-22-15(12-23)20-14-5-4-8-19-16(14)22/h4-5,8,13,23H,6-7,9-12H2,1-3H3. The number of hydrogen-bond donors (Lipinski definition) is 1. The number of aliphatic hydroxyl groups excluding tert-OH is 1. The second-order valence-corrected chi connectivity index (χ2v) is 7.55. The number of nitrogens with zero attached hydrogens (tertiary/aromatic N) is 4. The third-order valence-electron chi connectivity index (χ3n) is 4.43. The molecule has 0 aromatic carbocycles. The molecular formula is C18H26N4O3. The second kappa shape index (κ2) is 7.00. The molecule has 3 heterocycles. The first-order chi connectivity index (χ1) is 11.9. The number of piperidine rings is 1. The minimum atomic E-state index is -0.467. The van der Waals surface area contributed by atoms with Crippen molar-refractivity contribution < 1.29 is 14.6 Å². The number of hydrogen-bond acceptors (Lipinski definition) is 5. The molecule has 7 nitrogen and oxygen atoms in total. The van der Waals surface area contributed by atoms with E-state index in [-0.39, 0.29) is 12.7 Å². The molecule has 1 amide bonds. The quantitative estimate of drug-likeness (QED) is 0.924. The van der Waals surface area contributed by atoms with Crippen LogP contribution in [0.2, 0.25) is 0 Å². The third kappa shape index (κ3) is 4.10. The zero-order chi connectivity index (χ0) is 18.0. The Labute approximate surface area is 147 Å². The van der Waals surface area contributed by atoms with Crippen LogP contribution in [0.5, 0.6) is 0 Å². The highest BCUT2D eigenvalue weighted by molar-refractivity contribution is 5.71. The van der Waals surface area contributed by atoms with Crippen LogP contribution in [-0.2, 0) is 17.9 Å². The summed E-state index contributed by atoms with van der Waals surface area (Å²) in [5.41, 5.74) is 1.14. The van der Waals surface area contributed by atoms with Crippen LogP contribution in [0, 0.1) is 5.92 Å². The summed E-state index contributed by atoms with van der Waals surface area (Å²) < 4.78 is 7.44. The highest BCUT2D eigenvalue weighted by Gasteiger charge is 2.27. The summed E-state index contributed by atoms with van der Waals surface area (Å²) in [4.78, 5) is 22.8. The molecule has 1 saturated heterocycles. The molecule has 0 unspecified atom stereocenters. The van der Waals surface area contributed by atoms with Crippen LogP contribution in [0.4, 0.5) is 4.79 Å². The number of ether oxygens (including phenoxy) is 1.